The first-order chi connectivity index (χ1) is 7.22. The van der Waals surface area contributed by atoms with E-state index >= 15 is 0 Å². The Labute approximate surface area is 93.8 Å². The van der Waals surface area contributed by atoms with Crippen LogP contribution in [0.15, 0.2) is 6.07 Å². The zero-order valence-corrected chi connectivity index (χ0v) is 9.72. The highest BCUT2D eigenvalue weighted by Gasteiger charge is 2.33. The van der Waals surface area contributed by atoms with E-state index in [1.165, 1.54) is 11.5 Å². The smallest absolute Gasteiger partial charge is 0.177 e. The van der Waals surface area contributed by atoms with Crippen molar-refractivity contribution in [2.24, 2.45) is 17.6 Å². The number of aryl methyl sites for hydroxylation is 1. The minimum Gasteiger partial charge on any atom is -0.330 e. The van der Waals surface area contributed by atoms with Crippen LogP contribution in [0.4, 0.5) is 0 Å². The first-order valence-electron chi connectivity index (χ1n) is 5.40. The van der Waals surface area contributed by atoms with Crippen molar-refractivity contribution in [1.29, 1.82) is 0 Å². The Morgan fingerprint density at radius 1 is 1.67 bits per heavy atom. The minimum atomic E-state index is 0.148. The molecule has 0 radical (unpaired) electrons. The molecule has 2 rings (SSSR count). The van der Waals surface area contributed by atoms with E-state index in [1.54, 1.807) is 0 Å². The summed E-state index contributed by atoms with van der Waals surface area (Å²) in [5.74, 6) is 0.795. The average Bonchev–Trinajstić information content (AvgIpc) is 2.84. The third kappa shape index (κ3) is 2.11. The molecule has 15 heavy (non-hydrogen) atoms. The quantitative estimate of drug-likeness (QED) is 0.799. The number of carbonyl (C=O) groups is 1. The van der Waals surface area contributed by atoms with E-state index in [1.807, 2.05) is 13.0 Å². The third-order valence-corrected chi connectivity index (χ3v) is 4.06. The van der Waals surface area contributed by atoms with Gasteiger partial charge in [0.2, 0.25) is 0 Å². The summed E-state index contributed by atoms with van der Waals surface area (Å²) >= 11 is 1.32. The number of Topliss-reactive ketones (excluding diaryl/α,β-unsaturated/α-hetero) is 1. The van der Waals surface area contributed by atoms with Gasteiger partial charge in [0, 0.05) is 5.92 Å². The number of nitrogens with zero attached hydrogens (tertiary/aromatic N) is 1. The molecule has 0 amide bonds. The first kappa shape index (κ1) is 10.8. The van der Waals surface area contributed by atoms with Crippen molar-refractivity contribution in [3.63, 3.8) is 0 Å². The predicted molar refractivity (Wildman–Crippen MR) is 61.1 cm³/mol. The molecule has 0 spiro atoms. The number of ketones is 1. The summed E-state index contributed by atoms with van der Waals surface area (Å²) in [6.45, 7) is 2.55. The van der Waals surface area contributed by atoms with Crippen molar-refractivity contribution in [2.75, 3.05) is 6.54 Å². The number of rotatable bonds is 3. The van der Waals surface area contributed by atoms with E-state index in [4.69, 9.17) is 5.73 Å². The van der Waals surface area contributed by atoms with Gasteiger partial charge < -0.3 is 5.73 Å². The zero-order chi connectivity index (χ0) is 10.8. The number of nitrogens with two attached hydrogens (primary N) is 1. The van der Waals surface area contributed by atoms with Gasteiger partial charge in [-0.15, -0.1) is 0 Å². The molecular weight excluding hydrogens is 208 g/mol. The van der Waals surface area contributed by atoms with Crippen LogP contribution in [0.1, 0.15) is 34.6 Å². The van der Waals surface area contributed by atoms with Crippen LogP contribution in [-0.2, 0) is 0 Å². The second-order valence-electron chi connectivity index (χ2n) is 4.23. The number of hydrogen-bond acceptors (Lipinski definition) is 4. The molecule has 1 aromatic heterocycles. The second kappa shape index (κ2) is 4.41. The van der Waals surface area contributed by atoms with Crippen LogP contribution in [0.25, 0.3) is 0 Å². The van der Waals surface area contributed by atoms with Crippen molar-refractivity contribution in [2.45, 2.75) is 26.2 Å². The van der Waals surface area contributed by atoms with Crippen molar-refractivity contribution in [3.8, 4) is 0 Å². The van der Waals surface area contributed by atoms with Crippen molar-refractivity contribution in [1.82, 2.24) is 4.37 Å². The Morgan fingerprint density at radius 3 is 3.07 bits per heavy atom. The lowest BCUT2D eigenvalue weighted by molar-refractivity contribution is 0.0897. The molecule has 0 aromatic carbocycles. The van der Waals surface area contributed by atoms with Gasteiger partial charge in [-0.1, -0.05) is 6.42 Å². The number of hydrogen-bond donors (Lipinski definition) is 1. The zero-order valence-electron chi connectivity index (χ0n) is 8.90. The molecule has 3 nitrogen and oxygen atoms in total. The fraction of sp³-hybridized carbons (Fsp3) is 0.636. The van der Waals surface area contributed by atoms with Crippen molar-refractivity contribution in [3.05, 3.63) is 16.6 Å². The third-order valence-electron chi connectivity index (χ3n) is 3.17. The van der Waals surface area contributed by atoms with Gasteiger partial charge in [0.1, 0.15) is 0 Å². The molecule has 1 fully saturated rings. The fourth-order valence-electron chi connectivity index (χ4n) is 2.33. The summed E-state index contributed by atoms with van der Waals surface area (Å²) in [7, 11) is 0. The van der Waals surface area contributed by atoms with Gasteiger partial charge >= 0.3 is 0 Å². The summed E-state index contributed by atoms with van der Waals surface area (Å²) in [4.78, 5) is 12.9. The maximum absolute atomic E-state index is 12.1. The van der Waals surface area contributed by atoms with Gasteiger partial charge in [-0.05, 0) is 49.8 Å². The Kier molecular flexibility index (Phi) is 3.17. The largest absolute Gasteiger partial charge is 0.330 e. The summed E-state index contributed by atoms with van der Waals surface area (Å²) in [5, 5.41) is 0. The topological polar surface area (TPSA) is 56.0 Å². The first-order valence-corrected chi connectivity index (χ1v) is 6.17. The van der Waals surface area contributed by atoms with Gasteiger partial charge in [-0.2, -0.15) is 4.37 Å². The molecule has 1 heterocycles. The highest BCUT2D eigenvalue weighted by Crippen LogP contribution is 2.34. The van der Waals surface area contributed by atoms with Crippen LogP contribution in [0.3, 0.4) is 0 Å². The molecule has 0 unspecified atom stereocenters. The van der Waals surface area contributed by atoms with E-state index in [2.05, 4.69) is 4.37 Å². The van der Waals surface area contributed by atoms with Gasteiger partial charge in [-0.25, -0.2) is 0 Å². The molecule has 1 aliphatic carbocycles. The van der Waals surface area contributed by atoms with E-state index in [9.17, 15) is 4.79 Å². The highest BCUT2D eigenvalue weighted by atomic mass is 32.1. The number of carbonyl (C=O) groups excluding carboxylic acids is 1. The van der Waals surface area contributed by atoms with E-state index in [-0.39, 0.29) is 11.7 Å². The molecule has 0 saturated heterocycles. The molecule has 1 aliphatic rings. The highest BCUT2D eigenvalue weighted by molar-refractivity contribution is 7.08. The van der Waals surface area contributed by atoms with Gasteiger partial charge in [0.05, 0.1) is 10.6 Å². The van der Waals surface area contributed by atoms with Crippen LogP contribution in [0, 0.1) is 18.8 Å². The van der Waals surface area contributed by atoms with E-state index < -0.39 is 0 Å². The molecule has 0 bridgehead atoms. The van der Waals surface area contributed by atoms with Crippen LogP contribution < -0.4 is 5.73 Å². The summed E-state index contributed by atoms with van der Waals surface area (Å²) in [5.41, 5.74) is 6.62. The monoisotopic (exact) mass is 224 g/mol. The maximum atomic E-state index is 12.1. The fourth-order valence-corrected chi connectivity index (χ4v) is 3.09. The predicted octanol–water partition coefficient (Wildman–Crippen LogP) is 2.01. The van der Waals surface area contributed by atoms with Crippen LogP contribution >= 0.6 is 11.5 Å². The van der Waals surface area contributed by atoms with Crippen LogP contribution in [0.2, 0.25) is 0 Å². The molecule has 0 aliphatic heterocycles. The Balaban J connectivity index is 2.13. The normalized spacial score (nSPS) is 25.7. The van der Waals surface area contributed by atoms with Crippen LogP contribution in [0.5, 0.6) is 0 Å². The number of aromatic nitrogens is 1. The van der Waals surface area contributed by atoms with E-state index in [0.717, 1.165) is 29.8 Å². The second-order valence-corrected chi connectivity index (χ2v) is 5.03. The molecular formula is C11H16N2OS. The molecule has 1 aromatic rings. The lowest BCUT2D eigenvalue weighted by atomic mass is 9.91. The maximum Gasteiger partial charge on any atom is 0.177 e. The Hall–Kier alpha value is -0.740. The minimum absolute atomic E-state index is 0.148. The molecule has 2 N–H and O–H groups in total. The van der Waals surface area contributed by atoms with E-state index in [0.29, 0.717) is 12.5 Å². The molecule has 82 valence electrons. The average molecular weight is 224 g/mol. The summed E-state index contributed by atoms with van der Waals surface area (Å²) < 4.78 is 4.15. The molecule has 4 heteroatoms. The summed E-state index contributed by atoms with van der Waals surface area (Å²) in [6, 6.07) is 1.89. The Morgan fingerprint density at radius 2 is 2.47 bits per heavy atom. The van der Waals surface area contributed by atoms with Gasteiger partial charge in [-0.3, -0.25) is 4.79 Å². The van der Waals surface area contributed by atoms with Crippen molar-refractivity contribution >= 4 is 17.3 Å². The SMILES string of the molecule is Cc1cc(C(=O)[C@@H]2CCC[C@@H]2CN)sn1. The van der Waals surface area contributed by atoms with Crippen molar-refractivity contribution < 1.29 is 4.79 Å². The molecule has 1 saturated carbocycles. The van der Waals surface area contributed by atoms with Gasteiger partial charge in [0.25, 0.3) is 0 Å². The van der Waals surface area contributed by atoms with Crippen LogP contribution in [-0.4, -0.2) is 16.7 Å². The Bertz CT molecular complexity index is 361. The lowest BCUT2D eigenvalue weighted by Crippen LogP contribution is -2.24. The van der Waals surface area contributed by atoms with Gasteiger partial charge in [0.15, 0.2) is 5.78 Å². The molecule has 2 atom stereocenters. The lowest BCUT2D eigenvalue weighted by Gasteiger charge is -2.14. The standard InChI is InChI=1S/C11H16N2OS/c1-7-5-10(15-13-7)11(14)9-4-2-3-8(9)6-12/h5,8-9H,2-4,6,12H2,1H3/t8-,9-/m1/s1. The summed E-state index contributed by atoms with van der Waals surface area (Å²) in [6.07, 6.45) is 3.23.